The summed E-state index contributed by atoms with van der Waals surface area (Å²) in [7, 11) is -3.73. The van der Waals surface area contributed by atoms with Gasteiger partial charge in [-0.05, 0) is 44.0 Å². The summed E-state index contributed by atoms with van der Waals surface area (Å²) in [5.74, 6) is -0.275. The van der Waals surface area contributed by atoms with E-state index in [1.54, 1.807) is 19.9 Å². The molecule has 1 amide bonds. The van der Waals surface area contributed by atoms with Gasteiger partial charge in [-0.1, -0.05) is 36.4 Å². The summed E-state index contributed by atoms with van der Waals surface area (Å²) < 4.78 is 27.9. The van der Waals surface area contributed by atoms with Gasteiger partial charge in [0.2, 0.25) is 10.0 Å². The molecule has 0 saturated heterocycles. The number of amides is 1. The molecule has 2 aromatic rings. The molecule has 0 aromatic heterocycles. The Bertz CT molecular complexity index is 817. The van der Waals surface area contributed by atoms with Gasteiger partial charge in [0.25, 0.3) is 5.91 Å². The summed E-state index contributed by atoms with van der Waals surface area (Å²) in [5, 5.41) is 2.69. The molecule has 24 heavy (non-hydrogen) atoms. The molecular formula is C18H22N2O3S. The highest BCUT2D eigenvalue weighted by molar-refractivity contribution is 7.89. The first kappa shape index (κ1) is 18.2. The molecule has 0 aliphatic carbocycles. The predicted octanol–water partition coefficient (Wildman–Crippen LogP) is 2.78. The molecule has 0 radical (unpaired) electrons. The van der Waals surface area contributed by atoms with Crippen LogP contribution < -0.4 is 10.0 Å². The Morgan fingerprint density at radius 3 is 2.42 bits per heavy atom. The molecule has 0 aliphatic heterocycles. The zero-order chi connectivity index (χ0) is 17.7. The van der Waals surface area contributed by atoms with Crippen LogP contribution in [-0.2, 0) is 10.0 Å². The van der Waals surface area contributed by atoms with Gasteiger partial charge in [-0.25, -0.2) is 13.1 Å². The molecule has 0 spiro atoms. The van der Waals surface area contributed by atoms with E-state index in [1.165, 1.54) is 12.1 Å². The summed E-state index contributed by atoms with van der Waals surface area (Å²) >= 11 is 0. The Hall–Kier alpha value is -2.18. The van der Waals surface area contributed by atoms with Crippen LogP contribution in [0.15, 0.2) is 53.4 Å². The normalized spacial score (nSPS) is 12.6. The van der Waals surface area contributed by atoms with E-state index in [0.29, 0.717) is 12.1 Å². The first-order valence-corrected chi connectivity index (χ1v) is 9.29. The minimum atomic E-state index is -3.73. The minimum Gasteiger partial charge on any atom is -0.352 e. The third-order valence-electron chi connectivity index (χ3n) is 3.73. The first-order valence-electron chi connectivity index (χ1n) is 7.81. The average molecular weight is 346 g/mol. The lowest BCUT2D eigenvalue weighted by atomic mass is 10.1. The Labute approximate surface area is 143 Å². The van der Waals surface area contributed by atoms with Crippen LogP contribution in [0.1, 0.15) is 41.4 Å². The number of sulfonamides is 1. The van der Waals surface area contributed by atoms with Gasteiger partial charge in [-0.2, -0.15) is 0 Å². The monoisotopic (exact) mass is 346 g/mol. The Kier molecular flexibility index (Phi) is 5.75. The van der Waals surface area contributed by atoms with Gasteiger partial charge in [0, 0.05) is 18.2 Å². The van der Waals surface area contributed by atoms with Crippen LogP contribution in [-0.4, -0.2) is 20.9 Å². The van der Waals surface area contributed by atoms with Gasteiger partial charge in [0.15, 0.2) is 0 Å². The summed E-state index contributed by atoms with van der Waals surface area (Å²) in [6, 6.07) is 13.5. The Morgan fingerprint density at radius 2 is 1.79 bits per heavy atom. The summed E-state index contributed by atoms with van der Waals surface area (Å²) in [6.45, 7) is 5.86. The van der Waals surface area contributed by atoms with Crippen molar-refractivity contribution in [1.82, 2.24) is 10.0 Å². The van der Waals surface area contributed by atoms with E-state index in [4.69, 9.17) is 0 Å². The maximum Gasteiger partial charge on any atom is 0.251 e. The minimum absolute atomic E-state index is 0.0807. The van der Waals surface area contributed by atoms with Crippen LogP contribution in [0.2, 0.25) is 0 Å². The van der Waals surface area contributed by atoms with Crippen LogP contribution in [0.3, 0.4) is 0 Å². The second-order valence-corrected chi connectivity index (χ2v) is 7.30. The highest BCUT2D eigenvalue weighted by Crippen LogP contribution is 2.19. The molecule has 0 fully saturated rings. The topological polar surface area (TPSA) is 75.3 Å². The third kappa shape index (κ3) is 4.21. The molecule has 0 bridgehead atoms. The SMILES string of the molecule is CCNC(=O)c1cc(S(=O)(=O)NC(C)c2ccccc2)ccc1C. The van der Waals surface area contributed by atoms with Gasteiger partial charge in [-0.3, -0.25) is 4.79 Å². The number of aryl methyl sites for hydroxylation is 1. The molecule has 2 aromatic carbocycles. The van der Waals surface area contributed by atoms with Crippen molar-refractivity contribution in [2.24, 2.45) is 0 Å². The molecule has 6 heteroatoms. The van der Waals surface area contributed by atoms with E-state index < -0.39 is 10.0 Å². The van der Waals surface area contributed by atoms with E-state index in [-0.39, 0.29) is 16.8 Å². The van der Waals surface area contributed by atoms with Gasteiger partial charge in [0.05, 0.1) is 4.90 Å². The van der Waals surface area contributed by atoms with E-state index in [0.717, 1.165) is 11.1 Å². The maximum atomic E-state index is 12.6. The van der Waals surface area contributed by atoms with Gasteiger partial charge in [0.1, 0.15) is 0 Å². The summed E-state index contributed by atoms with van der Waals surface area (Å²) in [6.07, 6.45) is 0. The molecule has 128 valence electrons. The van der Waals surface area contributed by atoms with E-state index in [9.17, 15) is 13.2 Å². The van der Waals surface area contributed by atoms with Gasteiger partial charge < -0.3 is 5.32 Å². The fraction of sp³-hybridized carbons (Fsp3) is 0.278. The number of hydrogen-bond acceptors (Lipinski definition) is 3. The number of carbonyl (C=O) groups excluding carboxylic acids is 1. The molecule has 2 rings (SSSR count). The van der Waals surface area contributed by atoms with Crippen molar-refractivity contribution < 1.29 is 13.2 Å². The third-order valence-corrected chi connectivity index (χ3v) is 5.27. The largest absolute Gasteiger partial charge is 0.352 e. The number of nitrogens with one attached hydrogen (secondary N) is 2. The van der Waals surface area contributed by atoms with Crippen molar-refractivity contribution in [3.8, 4) is 0 Å². The first-order chi connectivity index (χ1) is 11.3. The fourth-order valence-electron chi connectivity index (χ4n) is 2.38. The van der Waals surface area contributed by atoms with Crippen molar-refractivity contribution in [2.75, 3.05) is 6.54 Å². The Balaban J connectivity index is 2.29. The lowest BCUT2D eigenvalue weighted by molar-refractivity contribution is 0.0955. The summed E-state index contributed by atoms with van der Waals surface area (Å²) in [5.41, 5.74) is 1.97. The lowest BCUT2D eigenvalue weighted by Crippen LogP contribution is -2.28. The van der Waals surface area contributed by atoms with Crippen molar-refractivity contribution >= 4 is 15.9 Å². The molecule has 5 nitrogen and oxygen atoms in total. The van der Waals surface area contributed by atoms with Crippen molar-refractivity contribution in [3.05, 3.63) is 65.2 Å². The lowest BCUT2D eigenvalue weighted by Gasteiger charge is -2.15. The number of hydrogen-bond donors (Lipinski definition) is 2. The second kappa shape index (κ2) is 7.59. The van der Waals surface area contributed by atoms with Crippen LogP contribution in [0.4, 0.5) is 0 Å². The average Bonchev–Trinajstić information content (AvgIpc) is 2.55. The van der Waals surface area contributed by atoms with E-state index in [1.807, 2.05) is 37.3 Å². The molecule has 2 N–H and O–H groups in total. The van der Waals surface area contributed by atoms with Crippen LogP contribution in [0.5, 0.6) is 0 Å². The zero-order valence-electron chi connectivity index (χ0n) is 14.0. The number of carbonyl (C=O) groups is 1. The molecule has 1 unspecified atom stereocenters. The number of benzene rings is 2. The fourth-order valence-corrected chi connectivity index (χ4v) is 3.64. The molecule has 0 aliphatic rings. The van der Waals surface area contributed by atoms with Crippen molar-refractivity contribution in [2.45, 2.75) is 31.7 Å². The standard InChI is InChI=1S/C18H22N2O3S/c1-4-19-18(21)17-12-16(11-10-13(17)2)24(22,23)20-14(3)15-8-6-5-7-9-15/h5-12,14,20H,4H2,1-3H3,(H,19,21). The van der Waals surface area contributed by atoms with Crippen molar-refractivity contribution in [1.29, 1.82) is 0 Å². The Morgan fingerprint density at radius 1 is 1.12 bits per heavy atom. The van der Waals surface area contributed by atoms with Crippen LogP contribution in [0.25, 0.3) is 0 Å². The summed E-state index contributed by atoms with van der Waals surface area (Å²) in [4.78, 5) is 12.1. The van der Waals surface area contributed by atoms with Crippen molar-refractivity contribution in [3.63, 3.8) is 0 Å². The quantitative estimate of drug-likeness (QED) is 0.844. The van der Waals surface area contributed by atoms with E-state index in [2.05, 4.69) is 10.0 Å². The highest BCUT2D eigenvalue weighted by Gasteiger charge is 2.20. The van der Waals surface area contributed by atoms with E-state index >= 15 is 0 Å². The molecule has 0 saturated carbocycles. The van der Waals surface area contributed by atoms with Crippen LogP contribution >= 0.6 is 0 Å². The highest BCUT2D eigenvalue weighted by atomic mass is 32.2. The predicted molar refractivity (Wildman–Crippen MR) is 94.4 cm³/mol. The van der Waals surface area contributed by atoms with Gasteiger partial charge in [-0.15, -0.1) is 0 Å². The number of rotatable bonds is 6. The van der Waals surface area contributed by atoms with Gasteiger partial charge >= 0.3 is 0 Å². The second-order valence-electron chi connectivity index (χ2n) is 5.59. The molecule has 1 atom stereocenters. The molecule has 0 heterocycles. The smallest absolute Gasteiger partial charge is 0.251 e. The van der Waals surface area contributed by atoms with Crippen LogP contribution in [0, 0.1) is 6.92 Å². The zero-order valence-corrected chi connectivity index (χ0v) is 14.9. The molecular weight excluding hydrogens is 324 g/mol. The maximum absolute atomic E-state index is 12.6.